The number of nitrogens with one attached hydrogen (secondary N) is 1. The number of rotatable bonds is 5. The predicted octanol–water partition coefficient (Wildman–Crippen LogP) is 1.84. The van der Waals surface area contributed by atoms with Crippen LogP contribution in [-0.2, 0) is 15.9 Å². The van der Waals surface area contributed by atoms with Crippen molar-refractivity contribution in [2.75, 3.05) is 47.1 Å². The maximum Gasteiger partial charge on any atom is 0.354 e. The Kier molecular flexibility index (Phi) is 4.83. The van der Waals surface area contributed by atoms with E-state index in [9.17, 15) is 4.79 Å². The van der Waals surface area contributed by atoms with Crippen LogP contribution in [0.5, 0.6) is 5.75 Å². The van der Waals surface area contributed by atoms with Crippen molar-refractivity contribution in [1.29, 1.82) is 0 Å². The lowest BCUT2D eigenvalue weighted by atomic mass is 10.1. The van der Waals surface area contributed by atoms with Crippen LogP contribution in [0, 0.1) is 0 Å². The lowest BCUT2D eigenvalue weighted by molar-refractivity contribution is 0.0383. The number of nitrogens with zero attached hydrogens (tertiary/aromatic N) is 1. The van der Waals surface area contributed by atoms with Crippen LogP contribution in [0.15, 0.2) is 18.2 Å². The van der Waals surface area contributed by atoms with Gasteiger partial charge in [0.15, 0.2) is 0 Å². The van der Waals surface area contributed by atoms with E-state index in [4.69, 9.17) is 14.2 Å². The quantitative estimate of drug-likeness (QED) is 0.852. The third kappa shape index (κ3) is 3.33. The summed E-state index contributed by atoms with van der Waals surface area (Å²) in [5.74, 6) is 0.442. The first-order chi connectivity index (χ1) is 11.2. The van der Waals surface area contributed by atoms with Crippen LogP contribution in [0.4, 0.5) is 0 Å². The second kappa shape index (κ2) is 7.02. The van der Waals surface area contributed by atoms with Gasteiger partial charge in [-0.2, -0.15) is 0 Å². The summed E-state index contributed by atoms with van der Waals surface area (Å²) in [4.78, 5) is 17.6. The van der Waals surface area contributed by atoms with Gasteiger partial charge in [0.1, 0.15) is 11.4 Å². The van der Waals surface area contributed by atoms with Gasteiger partial charge in [0.05, 0.1) is 27.4 Å². The van der Waals surface area contributed by atoms with Gasteiger partial charge in [0, 0.05) is 30.5 Å². The van der Waals surface area contributed by atoms with Crippen molar-refractivity contribution >= 4 is 16.9 Å². The average Bonchev–Trinajstić information content (AvgIpc) is 2.97. The van der Waals surface area contributed by atoms with Gasteiger partial charge in [0.2, 0.25) is 0 Å². The van der Waals surface area contributed by atoms with Crippen LogP contribution < -0.4 is 4.74 Å². The first-order valence-corrected chi connectivity index (χ1v) is 7.80. The van der Waals surface area contributed by atoms with Crippen molar-refractivity contribution in [2.45, 2.75) is 6.42 Å². The number of esters is 1. The van der Waals surface area contributed by atoms with Crippen molar-refractivity contribution in [3.63, 3.8) is 0 Å². The highest BCUT2D eigenvalue weighted by Crippen LogP contribution is 2.27. The molecule has 0 amide bonds. The summed E-state index contributed by atoms with van der Waals surface area (Å²) < 4.78 is 15.6. The van der Waals surface area contributed by atoms with Crippen molar-refractivity contribution in [3.8, 4) is 5.75 Å². The zero-order valence-electron chi connectivity index (χ0n) is 13.6. The molecule has 23 heavy (non-hydrogen) atoms. The number of benzene rings is 1. The topological polar surface area (TPSA) is 63.8 Å². The predicted molar refractivity (Wildman–Crippen MR) is 87.2 cm³/mol. The molecular formula is C17H22N2O4. The van der Waals surface area contributed by atoms with Crippen LogP contribution in [0.3, 0.4) is 0 Å². The zero-order valence-corrected chi connectivity index (χ0v) is 13.6. The van der Waals surface area contributed by atoms with Crippen LogP contribution in [0.25, 0.3) is 10.9 Å². The summed E-state index contributed by atoms with van der Waals surface area (Å²) in [5.41, 5.74) is 2.43. The molecule has 0 unspecified atom stereocenters. The summed E-state index contributed by atoms with van der Waals surface area (Å²) in [6.45, 7) is 4.28. The lowest BCUT2D eigenvalue weighted by Crippen LogP contribution is -2.37. The molecule has 1 N–H and O–H groups in total. The van der Waals surface area contributed by atoms with E-state index in [1.165, 1.54) is 7.11 Å². The molecule has 1 aliphatic rings. The molecule has 0 bridgehead atoms. The summed E-state index contributed by atoms with van der Waals surface area (Å²) in [7, 11) is 3.04. The van der Waals surface area contributed by atoms with Crippen molar-refractivity contribution in [1.82, 2.24) is 9.88 Å². The lowest BCUT2D eigenvalue weighted by Gasteiger charge is -2.26. The smallest absolute Gasteiger partial charge is 0.354 e. The van der Waals surface area contributed by atoms with Crippen LogP contribution in [-0.4, -0.2) is 62.9 Å². The number of carbonyl (C=O) groups is 1. The fourth-order valence-electron chi connectivity index (χ4n) is 2.98. The van der Waals surface area contributed by atoms with Gasteiger partial charge in [0.25, 0.3) is 0 Å². The fraction of sp³-hybridized carbons (Fsp3) is 0.471. The third-order valence-corrected chi connectivity index (χ3v) is 4.28. The fourth-order valence-corrected chi connectivity index (χ4v) is 2.98. The minimum atomic E-state index is -0.336. The molecule has 0 atom stereocenters. The number of aromatic amines is 1. The second-order valence-electron chi connectivity index (χ2n) is 5.59. The minimum absolute atomic E-state index is 0.336. The number of morpholine rings is 1. The largest absolute Gasteiger partial charge is 0.497 e. The van der Waals surface area contributed by atoms with Gasteiger partial charge in [-0.05, 0) is 30.2 Å². The van der Waals surface area contributed by atoms with E-state index in [0.29, 0.717) is 5.69 Å². The van der Waals surface area contributed by atoms with Gasteiger partial charge in [-0.3, -0.25) is 4.90 Å². The molecule has 6 heteroatoms. The molecule has 2 heterocycles. The van der Waals surface area contributed by atoms with E-state index in [1.54, 1.807) is 7.11 Å². The molecule has 0 radical (unpaired) electrons. The van der Waals surface area contributed by atoms with E-state index < -0.39 is 0 Å². The Labute approximate surface area is 135 Å². The van der Waals surface area contributed by atoms with Crippen LogP contribution >= 0.6 is 0 Å². The molecule has 3 rings (SSSR count). The molecule has 0 spiro atoms. The highest BCUT2D eigenvalue weighted by Gasteiger charge is 2.20. The molecule has 2 aromatic rings. The maximum atomic E-state index is 12.1. The molecule has 0 aliphatic carbocycles. The standard InChI is InChI=1S/C17H22N2O4/c1-21-12-3-4-15-14(11-12)13(16(18-15)17(20)22-2)5-6-19-7-9-23-10-8-19/h3-4,11,18H,5-10H2,1-2H3. The Morgan fingerprint density at radius 2 is 2.09 bits per heavy atom. The van der Waals surface area contributed by atoms with E-state index in [1.807, 2.05) is 18.2 Å². The molecule has 0 saturated carbocycles. The summed E-state index contributed by atoms with van der Waals surface area (Å²) >= 11 is 0. The normalized spacial score (nSPS) is 15.7. The Morgan fingerprint density at radius 3 is 2.78 bits per heavy atom. The van der Waals surface area contributed by atoms with E-state index >= 15 is 0 Å². The molecule has 1 aliphatic heterocycles. The monoisotopic (exact) mass is 318 g/mol. The molecule has 124 valence electrons. The first kappa shape index (κ1) is 15.8. The van der Waals surface area contributed by atoms with E-state index in [-0.39, 0.29) is 5.97 Å². The van der Waals surface area contributed by atoms with Gasteiger partial charge in [-0.1, -0.05) is 0 Å². The summed E-state index contributed by atoms with van der Waals surface area (Å²) in [6, 6.07) is 5.78. The third-order valence-electron chi connectivity index (χ3n) is 4.28. The first-order valence-electron chi connectivity index (χ1n) is 7.80. The molecule has 1 fully saturated rings. The maximum absolute atomic E-state index is 12.1. The highest BCUT2D eigenvalue weighted by atomic mass is 16.5. The number of hydrogen-bond acceptors (Lipinski definition) is 5. The Hall–Kier alpha value is -2.05. The average molecular weight is 318 g/mol. The number of carbonyl (C=O) groups excluding carboxylic acids is 1. The van der Waals surface area contributed by atoms with Gasteiger partial charge >= 0.3 is 5.97 Å². The zero-order chi connectivity index (χ0) is 16.2. The molecule has 1 aromatic carbocycles. The van der Waals surface area contributed by atoms with Crippen LogP contribution in [0.1, 0.15) is 16.1 Å². The van der Waals surface area contributed by atoms with E-state index in [0.717, 1.165) is 61.5 Å². The molecule has 6 nitrogen and oxygen atoms in total. The SMILES string of the molecule is COC(=O)c1[nH]c2ccc(OC)cc2c1CCN1CCOCC1. The summed E-state index contributed by atoms with van der Waals surface area (Å²) in [5, 5.41) is 1.01. The van der Waals surface area contributed by atoms with E-state index in [2.05, 4.69) is 9.88 Å². The highest BCUT2D eigenvalue weighted by molar-refractivity contribution is 5.98. The number of hydrogen-bond donors (Lipinski definition) is 1. The molecular weight excluding hydrogens is 296 g/mol. The number of aromatic nitrogens is 1. The van der Waals surface area contributed by atoms with Gasteiger partial charge in [-0.15, -0.1) is 0 Å². The van der Waals surface area contributed by atoms with Crippen molar-refractivity contribution in [3.05, 3.63) is 29.5 Å². The van der Waals surface area contributed by atoms with Crippen molar-refractivity contribution in [2.24, 2.45) is 0 Å². The Bertz CT molecular complexity index is 689. The summed E-state index contributed by atoms with van der Waals surface area (Å²) in [6.07, 6.45) is 0.775. The molecule has 1 aromatic heterocycles. The number of H-pyrrole nitrogens is 1. The molecule has 1 saturated heterocycles. The Balaban J connectivity index is 1.91. The van der Waals surface area contributed by atoms with Gasteiger partial charge in [-0.25, -0.2) is 4.79 Å². The second-order valence-corrected chi connectivity index (χ2v) is 5.59. The van der Waals surface area contributed by atoms with Crippen LogP contribution in [0.2, 0.25) is 0 Å². The number of fused-ring (bicyclic) bond motifs is 1. The van der Waals surface area contributed by atoms with Crippen molar-refractivity contribution < 1.29 is 19.0 Å². The Morgan fingerprint density at radius 1 is 1.30 bits per heavy atom. The van der Waals surface area contributed by atoms with Gasteiger partial charge < -0.3 is 19.2 Å². The number of methoxy groups -OCH3 is 2. The number of ether oxygens (including phenoxy) is 3. The minimum Gasteiger partial charge on any atom is -0.497 e.